The van der Waals surface area contributed by atoms with Crippen LogP contribution in [0.4, 0.5) is 8.78 Å². The number of ether oxygens (including phenoxy) is 1. The Balaban J connectivity index is 1.67. The molecule has 0 N–H and O–H groups in total. The Morgan fingerprint density at radius 1 is 0.968 bits per heavy atom. The molecule has 3 nitrogen and oxygen atoms in total. The number of hydrogen-bond acceptors (Lipinski definition) is 2. The Bertz CT molecular complexity index is 1280. The lowest BCUT2D eigenvalue weighted by atomic mass is 10.1. The standard InChI is InChI=1S/C24H18Cl2F2N2O/c25-16-3-1-2-15(8-16)12-30-22-11-20(28)19(27)10-21(22)29-24(30)18-7-6-17(26)9-23(18)31-13-14-4-5-14/h1-3,6-11,14H,4-5,12-13H2. The Morgan fingerprint density at radius 2 is 1.74 bits per heavy atom. The third-order valence-corrected chi connectivity index (χ3v) is 5.85. The molecule has 4 aromatic rings. The Kier molecular flexibility index (Phi) is 5.32. The van der Waals surface area contributed by atoms with Crippen LogP contribution in [-0.2, 0) is 6.54 Å². The van der Waals surface area contributed by atoms with Crippen molar-refractivity contribution in [3.05, 3.63) is 81.8 Å². The lowest BCUT2D eigenvalue weighted by Crippen LogP contribution is -2.05. The van der Waals surface area contributed by atoms with Crippen LogP contribution in [-0.4, -0.2) is 16.2 Å². The zero-order chi connectivity index (χ0) is 21.5. The molecule has 0 aliphatic heterocycles. The number of rotatable bonds is 6. The molecule has 1 aromatic heterocycles. The normalized spacial score (nSPS) is 13.7. The lowest BCUT2D eigenvalue weighted by molar-refractivity contribution is 0.301. The van der Waals surface area contributed by atoms with Gasteiger partial charge in [0, 0.05) is 28.7 Å². The molecule has 1 fully saturated rings. The maximum absolute atomic E-state index is 14.1. The molecule has 0 bridgehead atoms. The number of aromatic nitrogens is 2. The van der Waals surface area contributed by atoms with E-state index in [2.05, 4.69) is 4.98 Å². The molecule has 158 valence electrons. The van der Waals surface area contributed by atoms with Crippen molar-refractivity contribution >= 4 is 34.2 Å². The van der Waals surface area contributed by atoms with Crippen molar-refractivity contribution in [3.63, 3.8) is 0 Å². The molecule has 0 unspecified atom stereocenters. The number of nitrogens with zero attached hydrogens (tertiary/aromatic N) is 2. The molecule has 1 aliphatic carbocycles. The van der Waals surface area contributed by atoms with Gasteiger partial charge >= 0.3 is 0 Å². The van der Waals surface area contributed by atoms with Crippen LogP contribution in [0.1, 0.15) is 18.4 Å². The molecule has 0 atom stereocenters. The SMILES string of the molecule is Fc1cc2nc(-c3ccc(Cl)cc3OCC3CC3)n(Cc3cccc(Cl)c3)c2cc1F. The molecule has 0 saturated heterocycles. The molecule has 1 saturated carbocycles. The predicted molar refractivity (Wildman–Crippen MR) is 119 cm³/mol. The maximum Gasteiger partial charge on any atom is 0.161 e. The Morgan fingerprint density at radius 3 is 2.52 bits per heavy atom. The Hall–Kier alpha value is -2.63. The molecule has 0 spiro atoms. The topological polar surface area (TPSA) is 27.1 Å². The number of halogens is 4. The van der Waals surface area contributed by atoms with Crippen molar-refractivity contribution in [2.45, 2.75) is 19.4 Å². The fraction of sp³-hybridized carbons (Fsp3) is 0.208. The van der Waals surface area contributed by atoms with Crippen molar-refractivity contribution < 1.29 is 13.5 Å². The molecule has 5 rings (SSSR count). The first-order valence-corrected chi connectivity index (χ1v) is 10.8. The van der Waals surface area contributed by atoms with Gasteiger partial charge in [0.2, 0.25) is 0 Å². The molecular formula is C24H18Cl2F2N2O. The summed E-state index contributed by atoms with van der Waals surface area (Å²) in [6, 6.07) is 15.0. The van der Waals surface area contributed by atoms with Crippen LogP contribution >= 0.6 is 23.2 Å². The van der Waals surface area contributed by atoms with Crippen molar-refractivity contribution in [3.8, 4) is 17.1 Å². The molecule has 1 aliphatic rings. The highest BCUT2D eigenvalue weighted by Gasteiger charge is 2.24. The van der Waals surface area contributed by atoms with E-state index in [9.17, 15) is 8.78 Å². The lowest BCUT2D eigenvalue weighted by Gasteiger charge is -2.14. The average Bonchev–Trinajstić information content (AvgIpc) is 3.51. The number of imidazole rings is 1. The van der Waals surface area contributed by atoms with Crippen LogP contribution in [0.3, 0.4) is 0 Å². The summed E-state index contributed by atoms with van der Waals surface area (Å²) in [5.74, 6) is -0.161. The number of hydrogen-bond donors (Lipinski definition) is 0. The van der Waals surface area contributed by atoms with Gasteiger partial charge in [-0.2, -0.15) is 0 Å². The van der Waals surface area contributed by atoms with Gasteiger partial charge in [-0.15, -0.1) is 0 Å². The highest BCUT2D eigenvalue weighted by Crippen LogP contribution is 2.37. The van der Waals surface area contributed by atoms with Crippen LogP contribution in [0.15, 0.2) is 54.6 Å². The van der Waals surface area contributed by atoms with Crippen LogP contribution in [0.25, 0.3) is 22.4 Å². The minimum absolute atomic E-state index is 0.360. The van der Waals surface area contributed by atoms with Gasteiger partial charge in [-0.05, 0) is 54.7 Å². The second-order valence-corrected chi connectivity index (χ2v) is 8.67. The highest BCUT2D eigenvalue weighted by atomic mass is 35.5. The molecule has 0 amide bonds. The first kappa shape index (κ1) is 20.3. The molecule has 3 aromatic carbocycles. The summed E-state index contributed by atoms with van der Waals surface area (Å²) in [5.41, 5.74) is 2.47. The molecule has 0 radical (unpaired) electrons. The van der Waals surface area contributed by atoms with Gasteiger partial charge in [0.05, 0.1) is 23.2 Å². The fourth-order valence-electron chi connectivity index (χ4n) is 3.60. The molecule has 7 heteroatoms. The quantitative estimate of drug-likeness (QED) is 0.307. The predicted octanol–water partition coefficient (Wildman–Crippen LogP) is 7.13. The minimum atomic E-state index is -0.937. The number of fused-ring (bicyclic) bond motifs is 1. The Labute approximate surface area is 188 Å². The van der Waals surface area contributed by atoms with E-state index in [-0.39, 0.29) is 0 Å². The summed E-state index contributed by atoms with van der Waals surface area (Å²) in [6.07, 6.45) is 2.31. The summed E-state index contributed by atoms with van der Waals surface area (Å²) in [7, 11) is 0. The van der Waals surface area contributed by atoms with Crippen LogP contribution in [0.5, 0.6) is 5.75 Å². The van der Waals surface area contributed by atoms with Crippen LogP contribution < -0.4 is 4.74 Å². The summed E-state index contributed by atoms with van der Waals surface area (Å²) in [5, 5.41) is 1.14. The van der Waals surface area contributed by atoms with Gasteiger partial charge in [-0.25, -0.2) is 13.8 Å². The zero-order valence-corrected chi connectivity index (χ0v) is 17.9. The van der Waals surface area contributed by atoms with Crippen molar-refractivity contribution in [1.29, 1.82) is 0 Å². The van der Waals surface area contributed by atoms with Crippen molar-refractivity contribution in [2.75, 3.05) is 6.61 Å². The van der Waals surface area contributed by atoms with Crippen molar-refractivity contribution in [2.24, 2.45) is 5.92 Å². The first-order chi connectivity index (χ1) is 15.0. The van der Waals surface area contributed by atoms with E-state index < -0.39 is 11.6 Å². The van der Waals surface area contributed by atoms with Crippen LogP contribution in [0, 0.1) is 17.6 Å². The zero-order valence-electron chi connectivity index (χ0n) is 16.4. The highest BCUT2D eigenvalue weighted by molar-refractivity contribution is 6.31. The van der Waals surface area contributed by atoms with Gasteiger partial charge < -0.3 is 9.30 Å². The summed E-state index contributed by atoms with van der Waals surface area (Å²) >= 11 is 12.4. The summed E-state index contributed by atoms with van der Waals surface area (Å²) < 4.78 is 36.0. The van der Waals surface area contributed by atoms with Gasteiger partial charge in [0.15, 0.2) is 11.6 Å². The van der Waals surface area contributed by atoms with Gasteiger partial charge in [0.1, 0.15) is 11.6 Å². The second-order valence-electron chi connectivity index (χ2n) is 7.80. The average molecular weight is 459 g/mol. The fourth-order valence-corrected chi connectivity index (χ4v) is 3.97. The molecular weight excluding hydrogens is 441 g/mol. The van der Waals surface area contributed by atoms with E-state index in [1.54, 1.807) is 18.2 Å². The van der Waals surface area contributed by atoms with Gasteiger partial charge in [0.25, 0.3) is 0 Å². The van der Waals surface area contributed by atoms with Crippen molar-refractivity contribution in [1.82, 2.24) is 9.55 Å². The van der Waals surface area contributed by atoms with E-state index in [1.165, 1.54) is 6.07 Å². The number of benzene rings is 3. The van der Waals surface area contributed by atoms with E-state index in [0.29, 0.717) is 57.3 Å². The third kappa shape index (κ3) is 4.25. The molecule has 1 heterocycles. The first-order valence-electron chi connectivity index (χ1n) is 10.0. The summed E-state index contributed by atoms with van der Waals surface area (Å²) in [6.45, 7) is 0.979. The van der Waals surface area contributed by atoms with Crippen LogP contribution in [0.2, 0.25) is 10.0 Å². The van der Waals surface area contributed by atoms with E-state index >= 15 is 0 Å². The second kappa shape index (κ2) is 8.13. The smallest absolute Gasteiger partial charge is 0.161 e. The van der Waals surface area contributed by atoms with Gasteiger partial charge in [-0.3, -0.25) is 0 Å². The summed E-state index contributed by atoms with van der Waals surface area (Å²) in [4.78, 5) is 4.64. The minimum Gasteiger partial charge on any atom is -0.492 e. The third-order valence-electron chi connectivity index (χ3n) is 5.38. The monoisotopic (exact) mass is 458 g/mol. The molecule has 31 heavy (non-hydrogen) atoms. The van der Waals surface area contributed by atoms with E-state index in [0.717, 1.165) is 24.5 Å². The van der Waals surface area contributed by atoms with E-state index in [4.69, 9.17) is 27.9 Å². The maximum atomic E-state index is 14.1. The largest absolute Gasteiger partial charge is 0.492 e. The van der Waals surface area contributed by atoms with Gasteiger partial charge in [-0.1, -0.05) is 35.3 Å². The van der Waals surface area contributed by atoms with E-state index in [1.807, 2.05) is 28.8 Å².